The number of cyclic esters (lactones) is 1. The number of carbonyl (C=O) groups is 3. The summed E-state index contributed by atoms with van der Waals surface area (Å²) in [6, 6.07) is 0. The standard InChI is InChI=1S/C26H40O6/c1-4-5-6-7-8-9-10-11-13-19(2)14-12-16-26(3)17-15-20(32-26)23-24(29)21(18-22(27)28)31-25(23)30/h15,17,19,21H,4-14,16,18H2,1-3H3,(H,27,28)/b23-20-/t19-,21+,26+/m0/s1. The van der Waals surface area contributed by atoms with E-state index in [9.17, 15) is 14.4 Å². The summed E-state index contributed by atoms with van der Waals surface area (Å²) in [5.41, 5.74) is -0.731. The summed E-state index contributed by atoms with van der Waals surface area (Å²) < 4.78 is 10.9. The summed E-state index contributed by atoms with van der Waals surface area (Å²) in [6.07, 6.45) is 16.6. The van der Waals surface area contributed by atoms with E-state index < -0.39 is 35.8 Å². The first-order valence-corrected chi connectivity index (χ1v) is 12.3. The summed E-state index contributed by atoms with van der Waals surface area (Å²) in [5, 5.41) is 8.87. The fraction of sp³-hybridized carbons (Fsp3) is 0.731. The highest BCUT2D eigenvalue weighted by atomic mass is 16.6. The molecule has 32 heavy (non-hydrogen) atoms. The molecule has 0 bridgehead atoms. The minimum Gasteiger partial charge on any atom is -0.482 e. The summed E-state index contributed by atoms with van der Waals surface area (Å²) in [7, 11) is 0. The zero-order valence-corrected chi connectivity index (χ0v) is 20.0. The normalized spacial score (nSPS) is 25.8. The topological polar surface area (TPSA) is 89.9 Å². The van der Waals surface area contributed by atoms with Gasteiger partial charge in [0.25, 0.3) is 0 Å². The first kappa shape index (κ1) is 26.1. The van der Waals surface area contributed by atoms with E-state index in [1.807, 2.05) is 13.0 Å². The number of hydrogen-bond acceptors (Lipinski definition) is 5. The number of ketones is 1. The van der Waals surface area contributed by atoms with E-state index >= 15 is 0 Å². The number of carbonyl (C=O) groups excluding carboxylic acids is 2. The number of esters is 1. The van der Waals surface area contributed by atoms with Gasteiger partial charge < -0.3 is 14.6 Å². The Kier molecular flexibility index (Phi) is 10.5. The molecule has 6 nitrogen and oxygen atoms in total. The number of ether oxygens (including phenoxy) is 2. The van der Waals surface area contributed by atoms with Gasteiger partial charge in [-0.15, -0.1) is 0 Å². The summed E-state index contributed by atoms with van der Waals surface area (Å²) in [4.78, 5) is 35.3. The molecule has 0 saturated carbocycles. The molecule has 1 fully saturated rings. The molecule has 0 aromatic rings. The van der Waals surface area contributed by atoms with Crippen molar-refractivity contribution in [2.75, 3.05) is 0 Å². The predicted molar refractivity (Wildman–Crippen MR) is 123 cm³/mol. The van der Waals surface area contributed by atoms with Crippen LogP contribution in [0.1, 0.15) is 104 Å². The van der Waals surface area contributed by atoms with Crippen molar-refractivity contribution in [3.8, 4) is 0 Å². The van der Waals surface area contributed by atoms with Gasteiger partial charge in [0.05, 0.1) is 6.42 Å². The van der Waals surface area contributed by atoms with Crippen LogP contribution in [0.5, 0.6) is 0 Å². The Hall–Kier alpha value is -2.11. The van der Waals surface area contributed by atoms with E-state index in [1.165, 1.54) is 57.8 Å². The second-order valence-electron chi connectivity index (χ2n) is 9.60. The summed E-state index contributed by atoms with van der Waals surface area (Å²) in [6.45, 7) is 6.50. The van der Waals surface area contributed by atoms with Crippen molar-refractivity contribution in [1.82, 2.24) is 0 Å². The van der Waals surface area contributed by atoms with Gasteiger partial charge in [0.15, 0.2) is 6.10 Å². The van der Waals surface area contributed by atoms with Gasteiger partial charge >= 0.3 is 11.9 Å². The molecule has 2 heterocycles. The molecule has 6 heteroatoms. The molecule has 0 aromatic heterocycles. The van der Waals surface area contributed by atoms with Crippen LogP contribution >= 0.6 is 0 Å². The van der Waals surface area contributed by atoms with E-state index in [4.69, 9.17) is 14.6 Å². The lowest BCUT2D eigenvalue weighted by Gasteiger charge is -2.24. The van der Waals surface area contributed by atoms with Crippen molar-refractivity contribution in [2.24, 2.45) is 5.92 Å². The number of rotatable bonds is 15. The molecule has 3 atom stereocenters. The summed E-state index contributed by atoms with van der Waals surface area (Å²) in [5.74, 6) is -1.73. The van der Waals surface area contributed by atoms with Gasteiger partial charge in [-0.2, -0.15) is 0 Å². The van der Waals surface area contributed by atoms with Crippen LogP contribution in [-0.4, -0.2) is 34.5 Å². The maximum absolute atomic E-state index is 12.4. The molecule has 1 saturated heterocycles. The zero-order valence-electron chi connectivity index (χ0n) is 20.0. The number of carboxylic acids is 1. The molecular weight excluding hydrogens is 408 g/mol. The monoisotopic (exact) mass is 448 g/mol. The van der Waals surface area contributed by atoms with Crippen LogP contribution < -0.4 is 0 Å². The van der Waals surface area contributed by atoms with Crippen LogP contribution in [0, 0.1) is 5.92 Å². The van der Waals surface area contributed by atoms with Crippen LogP contribution in [0.2, 0.25) is 0 Å². The Morgan fingerprint density at radius 2 is 1.69 bits per heavy atom. The number of aliphatic carboxylic acids is 1. The van der Waals surface area contributed by atoms with E-state index in [1.54, 1.807) is 6.08 Å². The minimum atomic E-state index is -1.26. The molecule has 180 valence electrons. The lowest BCUT2D eigenvalue weighted by molar-refractivity contribution is -0.147. The third-order valence-electron chi connectivity index (χ3n) is 6.45. The Morgan fingerprint density at radius 1 is 1.06 bits per heavy atom. The second kappa shape index (κ2) is 12.8. The highest BCUT2D eigenvalue weighted by Crippen LogP contribution is 2.35. The van der Waals surface area contributed by atoms with Crippen molar-refractivity contribution in [3.63, 3.8) is 0 Å². The van der Waals surface area contributed by atoms with Gasteiger partial charge in [-0.3, -0.25) is 9.59 Å². The third kappa shape index (κ3) is 8.10. The molecule has 1 N–H and O–H groups in total. The molecule has 0 amide bonds. The molecule has 0 unspecified atom stereocenters. The molecule has 0 aliphatic carbocycles. The van der Waals surface area contributed by atoms with E-state index in [-0.39, 0.29) is 11.3 Å². The van der Waals surface area contributed by atoms with Gasteiger partial charge in [0.1, 0.15) is 16.9 Å². The number of allylic oxidation sites excluding steroid dienone is 1. The zero-order chi connectivity index (χ0) is 23.6. The number of carboxylic acid groups (broad SMARTS) is 1. The second-order valence-corrected chi connectivity index (χ2v) is 9.60. The maximum atomic E-state index is 12.4. The summed E-state index contributed by atoms with van der Waals surface area (Å²) >= 11 is 0. The first-order chi connectivity index (χ1) is 15.3. The Bertz CT molecular complexity index is 722. The van der Waals surface area contributed by atoms with Crippen LogP contribution in [0.4, 0.5) is 0 Å². The van der Waals surface area contributed by atoms with E-state index in [0.29, 0.717) is 5.92 Å². The molecule has 0 radical (unpaired) electrons. The molecular formula is C26H40O6. The van der Waals surface area contributed by atoms with E-state index in [0.717, 1.165) is 19.3 Å². The van der Waals surface area contributed by atoms with Crippen molar-refractivity contribution in [1.29, 1.82) is 0 Å². The van der Waals surface area contributed by atoms with Crippen LogP contribution in [0.25, 0.3) is 0 Å². The highest BCUT2D eigenvalue weighted by molar-refractivity contribution is 6.24. The first-order valence-electron chi connectivity index (χ1n) is 12.3. The fourth-order valence-electron chi connectivity index (χ4n) is 4.43. The quantitative estimate of drug-likeness (QED) is 0.145. The van der Waals surface area contributed by atoms with E-state index in [2.05, 4.69) is 13.8 Å². The SMILES string of the molecule is CCCCCCCCCC[C@H](C)CCC[C@]1(C)C=C/C(=C2/C(=O)O[C@H](CC(=O)O)C2=O)O1. The number of hydrogen-bond donors (Lipinski definition) is 1. The Morgan fingerprint density at radius 3 is 2.34 bits per heavy atom. The van der Waals surface area contributed by atoms with Crippen molar-refractivity contribution in [2.45, 2.75) is 116 Å². The van der Waals surface area contributed by atoms with Crippen LogP contribution in [0.3, 0.4) is 0 Å². The number of Topliss-reactive ketones (excluding diaryl/α,β-unsaturated/α-hetero) is 1. The van der Waals surface area contributed by atoms with Gasteiger partial charge in [0.2, 0.25) is 5.78 Å². The molecule has 0 spiro atoms. The average Bonchev–Trinajstić information content (AvgIpc) is 3.22. The largest absolute Gasteiger partial charge is 0.482 e. The fourth-order valence-corrected chi connectivity index (χ4v) is 4.43. The van der Waals surface area contributed by atoms with Crippen LogP contribution in [-0.2, 0) is 23.9 Å². The molecule has 2 rings (SSSR count). The van der Waals surface area contributed by atoms with Gasteiger partial charge in [-0.1, -0.05) is 78.1 Å². The molecule has 2 aliphatic heterocycles. The number of unbranched alkanes of at least 4 members (excludes halogenated alkanes) is 7. The predicted octanol–water partition coefficient (Wildman–Crippen LogP) is 5.89. The van der Waals surface area contributed by atoms with Gasteiger partial charge in [-0.25, -0.2) is 4.79 Å². The van der Waals surface area contributed by atoms with Crippen molar-refractivity contribution < 1.29 is 29.0 Å². The van der Waals surface area contributed by atoms with Crippen LogP contribution in [0.15, 0.2) is 23.5 Å². The maximum Gasteiger partial charge on any atom is 0.346 e. The van der Waals surface area contributed by atoms with Crippen molar-refractivity contribution in [3.05, 3.63) is 23.5 Å². The lowest BCUT2D eigenvalue weighted by Crippen LogP contribution is -2.23. The Labute approximate surface area is 192 Å². The lowest BCUT2D eigenvalue weighted by atomic mass is 9.92. The molecule has 0 aromatic carbocycles. The minimum absolute atomic E-state index is 0.167. The smallest absolute Gasteiger partial charge is 0.346 e. The van der Waals surface area contributed by atoms with Crippen molar-refractivity contribution >= 4 is 17.7 Å². The van der Waals surface area contributed by atoms with Gasteiger partial charge in [-0.05, 0) is 37.8 Å². The highest BCUT2D eigenvalue weighted by Gasteiger charge is 2.44. The average molecular weight is 449 g/mol. The third-order valence-corrected chi connectivity index (χ3v) is 6.45. The van der Waals surface area contributed by atoms with Gasteiger partial charge in [0, 0.05) is 0 Å². The Balaban J connectivity index is 1.69. The molecule has 2 aliphatic rings.